The third-order valence-corrected chi connectivity index (χ3v) is 4.85. The molecule has 1 saturated heterocycles. The SMILES string of the molecule is Cc1ccc(CN2CCN(N=Cc3ccccc3Cl)CC2)c(C)c1. The molecule has 0 aromatic heterocycles. The fraction of sp³-hybridized carbons (Fsp3) is 0.350. The van der Waals surface area contributed by atoms with Gasteiger partial charge in [-0.05, 0) is 31.0 Å². The molecule has 0 N–H and O–H groups in total. The van der Waals surface area contributed by atoms with Crippen molar-refractivity contribution in [3.8, 4) is 0 Å². The topological polar surface area (TPSA) is 18.8 Å². The molecular formula is C20H24ClN3. The summed E-state index contributed by atoms with van der Waals surface area (Å²) in [6.07, 6.45) is 1.86. The van der Waals surface area contributed by atoms with E-state index in [4.69, 9.17) is 11.6 Å². The molecule has 0 atom stereocenters. The fourth-order valence-corrected chi connectivity index (χ4v) is 3.18. The van der Waals surface area contributed by atoms with Crippen LogP contribution in [0, 0.1) is 13.8 Å². The van der Waals surface area contributed by atoms with Gasteiger partial charge in [0.2, 0.25) is 0 Å². The molecule has 0 unspecified atom stereocenters. The highest BCUT2D eigenvalue weighted by Gasteiger charge is 2.16. The van der Waals surface area contributed by atoms with Gasteiger partial charge in [0.25, 0.3) is 0 Å². The molecule has 2 aromatic rings. The number of halogens is 1. The number of aryl methyl sites for hydroxylation is 2. The zero-order valence-corrected chi connectivity index (χ0v) is 15.1. The zero-order chi connectivity index (χ0) is 16.9. The number of hydrogen-bond donors (Lipinski definition) is 0. The summed E-state index contributed by atoms with van der Waals surface area (Å²) >= 11 is 6.16. The molecule has 4 heteroatoms. The van der Waals surface area contributed by atoms with E-state index in [0.717, 1.165) is 43.3 Å². The van der Waals surface area contributed by atoms with Crippen LogP contribution in [0.5, 0.6) is 0 Å². The lowest BCUT2D eigenvalue weighted by Crippen LogP contribution is -2.43. The van der Waals surface area contributed by atoms with E-state index in [1.807, 2.05) is 30.5 Å². The van der Waals surface area contributed by atoms with Crippen LogP contribution in [-0.2, 0) is 6.54 Å². The van der Waals surface area contributed by atoms with E-state index in [0.29, 0.717) is 0 Å². The first kappa shape index (κ1) is 17.0. The Kier molecular flexibility index (Phi) is 5.54. The van der Waals surface area contributed by atoms with E-state index in [-0.39, 0.29) is 0 Å². The molecular weight excluding hydrogens is 318 g/mol. The largest absolute Gasteiger partial charge is 0.295 e. The lowest BCUT2D eigenvalue weighted by Gasteiger charge is -2.33. The van der Waals surface area contributed by atoms with Gasteiger partial charge in [-0.1, -0.05) is 53.6 Å². The van der Waals surface area contributed by atoms with Gasteiger partial charge < -0.3 is 0 Å². The van der Waals surface area contributed by atoms with Gasteiger partial charge in [-0.25, -0.2) is 0 Å². The maximum atomic E-state index is 6.16. The molecule has 1 aliphatic rings. The number of hydrazone groups is 1. The smallest absolute Gasteiger partial charge is 0.0557 e. The number of benzene rings is 2. The Labute approximate surface area is 149 Å². The minimum absolute atomic E-state index is 0.745. The summed E-state index contributed by atoms with van der Waals surface area (Å²) in [5.41, 5.74) is 5.11. The van der Waals surface area contributed by atoms with Crippen molar-refractivity contribution in [2.24, 2.45) is 5.10 Å². The summed E-state index contributed by atoms with van der Waals surface area (Å²) in [5, 5.41) is 7.45. The standard InChI is InChI=1S/C20H24ClN3/c1-16-7-8-19(17(2)13-16)15-23-9-11-24(12-10-23)22-14-18-5-3-4-6-20(18)21/h3-8,13-14H,9-12,15H2,1-2H3. The van der Waals surface area contributed by atoms with Crippen LogP contribution in [0.15, 0.2) is 47.6 Å². The Morgan fingerprint density at radius 1 is 1.04 bits per heavy atom. The van der Waals surface area contributed by atoms with Crippen LogP contribution in [0.4, 0.5) is 0 Å². The van der Waals surface area contributed by atoms with E-state index in [1.165, 1.54) is 16.7 Å². The molecule has 3 nitrogen and oxygen atoms in total. The summed E-state index contributed by atoms with van der Waals surface area (Å²) in [5.74, 6) is 0. The molecule has 0 radical (unpaired) electrons. The van der Waals surface area contributed by atoms with Gasteiger partial charge in [-0.3, -0.25) is 9.91 Å². The van der Waals surface area contributed by atoms with Crippen molar-refractivity contribution in [3.05, 3.63) is 69.7 Å². The van der Waals surface area contributed by atoms with Crippen LogP contribution in [0.1, 0.15) is 22.3 Å². The second kappa shape index (κ2) is 7.82. The van der Waals surface area contributed by atoms with E-state index in [1.54, 1.807) is 0 Å². The summed E-state index contributed by atoms with van der Waals surface area (Å²) < 4.78 is 0. The third kappa shape index (κ3) is 4.37. The Morgan fingerprint density at radius 3 is 2.50 bits per heavy atom. The number of piperazine rings is 1. The average Bonchev–Trinajstić information content (AvgIpc) is 2.58. The Morgan fingerprint density at radius 2 is 1.79 bits per heavy atom. The van der Waals surface area contributed by atoms with Crippen molar-refractivity contribution in [2.45, 2.75) is 20.4 Å². The van der Waals surface area contributed by atoms with Gasteiger partial charge in [0, 0.05) is 43.3 Å². The molecule has 0 amide bonds. The highest BCUT2D eigenvalue weighted by Crippen LogP contribution is 2.15. The molecule has 1 heterocycles. The van der Waals surface area contributed by atoms with Gasteiger partial charge in [0.15, 0.2) is 0 Å². The second-order valence-corrected chi connectivity index (χ2v) is 6.83. The van der Waals surface area contributed by atoms with Gasteiger partial charge in [0.1, 0.15) is 0 Å². The quantitative estimate of drug-likeness (QED) is 0.779. The van der Waals surface area contributed by atoms with E-state index in [2.05, 4.69) is 47.1 Å². The summed E-state index contributed by atoms with van der Waals surface area (Å²) in [7, 11) is 0. The van der Waals surface area contributed by atoms with Crippen molar-refractivity contribution in [2.75, 3.05) is 26.2 Å². The van der Waals surface area contributed by atoms with E-state index in [9.17, 15) is 0 Å². The lowest BCUT2D eigenvalue weighted by atomic mass is 10.1. The molecule has 2 aromatic carbocycles. The predicted molar refractivity (Wildman–Crippen MR) is 102 cm³/mol. The summed E-state index contributed by atoms with van der Waals surface area (Å²) in [6.45, 7) is 9.34. The van der Waals surface area contributed by atoms with Gasteiger partial charge in [0.05, 0.1) is 6.21 Å². The highest BCUT2D eigenvalue weighted by atomic mass is 35.5. The minimum atomic E-state index is 0.745. The molecule has 0 aliphatic carbocycles. The van der Waals surface area contributed by atoms with E-state index >= 15 is 0 Å². The number of nitrogens with zero attached hydrogens (tertiary/aromatic N) is 3. The second-order valence-electron chi connectivity index (χ2n) is 6.43. The van der Waals surface area contributed by atoms with Crippen LogP contribution in [0.2, 0.25) is 5.02 Å². The Bertz CT molecular complexity index is 719. The molecule has 0 bridgehead atoms. The molecule has 0 saturated carbocycles. The summed E-state index contributed by atoms with van der Waals surface area (Å²) in [4.78, 5) is 2.50. The van der Waals surface area contributed by atoms with Crippen LogP contribution in [-0.4, -0.2) is 42.3 Å². The minimum Gasteiger partial charge on any atom is -0.295 e. The molecule has 1 fully saturated rings. The molecule has 0 spiro atoms. The van der Waals surface area contributed by atoms with Crippen molar-refractivity contribution in [1.82, 2.24) is 9.91 Å². The van der Waals surface area contributed by atoms with Gasteiger partial charge in [-0.2, -0.15) is 5.10 Å². The van der Waals surface area contributed by atoms with Crippen molar-refractivity contribution in [1.29, 1.82) is 0 Å². The first-order valence-electron chi connectivity index (χ1n) is 8.44. The number of rotatable bonds is 4. The maximum Gasteiger partial charge on any atom is 0.0557 e. The normalized spacial score (nSPS) is 16.0. The van der Waals surface area contributed by atoms with E-state index < -0.39 is 0 Å². The van der Waals surface area contributed by atoms with Crippen LogP contribution in [0.3, 0.4) is 0 Å². The third-order valence-electron chi connectivity index (χ3n) is 4.51. The molecule has 24 heavy (non-hydrogen) atoms. The van der Waals surface area contributed by atoms with Gasteiger partial charge >= 0.3 is 0 Å². The molecule has 1 aliphatic heterocycles. The first-order valence-corrected chi connectivity index (χ1v) is 8.81. The predicted octanol–water partition coefficient (Wildman–Crippen LogP) is 4.11. The van der Waals surface area contributed by atoms with Crippen LogP contribution < -0.4 is 0 Å². The summed E-state index contributed by atoms with van der Waals surface area (Å²) in [6, 6.07) is 14.5. The van der Waals surface area contributed by atoms with Crippen molar-refractivity contribution in [3.63, 3.8) is 0 Å². The molecule has 126 valence electrons. The Hall–Kier alpha value is -1.84. The monoisotopic (exact) mass is 341 g/mol. The Balaban J connectivity index is 1.53. The van der Waals surface area contributed by atoms with Crippen LogP contribution in [0.25, 0.3) is 0 Å². The average molecular weight is 342 g/mol. The highest BCUT2D eigenvalue weighted by molar-refractivity contribution is 6.33. The van der Waals surface area contributed by atoms with Crippen LogP contribution >= 0.6 is 11.6 Å². The van der Waals surface area contributed by atoms with Crippen molar-refractivity contribution >= 4 is 17.8 Å². The maximum absolute atomic E-state index is 6.16. The molecule has 3 rings (SSSR count). The number of hydrogen-bond acceptors (Lipinski definition) is 3. The lowest BCUT2D eigenvalue weighted by molar-refractivity contribution is 0.131. The van der Waals surface area contributed by atoms with Gasteiger partial charge in [-0.15, -0.1) is 0 Å². The fourth-order valence-electron chi connectivity index (χ4n) is 3.00. The first-order chi connectivity index (χ1) is 11.6. The van der Waals surface area contributed by atoms with Crippen molar-refractivity contribution < 1.29 is 0 Å². The zero-order valence-electron chi connectivity index (χ0n) is 14.4.